The molecule has 0 saturated carbocycles. The Bertz CT molecular complexity index is 782. The molecule has 0 spiro atoms. The highest BCUT2D eigenvalue weighted by Crippen LogP contribution is 2.25. The van der Waals surface area contributed by atoms with Crippen LogP contribution in [0.1, 0.15) is 11.4 Å². The SMILES string of the molecule is Cc1ccc(-c2nnc3cc(Cl)nc(C)n23)cc1Br. The van der Waals surface area contributed by atoms with Gasteiger partial charge in [-0.05, 0) is 25.5 Å². The van der Waals surface area contributed by atoms with E-state index in [9.17, 15) is 0 Å². The first-order chi connectivity index (χ1) is 9.06. The number of rotatable bonds is 1. The molecule has 0 aliphatic carbocycles. The lowest BCUT2D eigenvalue weighted by molar-refractivity contribution is 0.988. The summed E-state index contributed by atoms with van der Waals surface area (Å²) in [6, 6.07) is 7.79. The van der Waals surface area contributed by atoms with Crippen LogP contribution in [0.3, 0.4) is 0 Å². The van der Waals surface area contributed by atoms with Crippen molar-refractivity contribution in [1.29, 1.82) is 0 Å². The minimum absolute atomic E-state index is 0.425. The van der Waals surface area contributed by atoms with Gasteiger partial charge in [0.15, 0.2) is 11.5 Å². The molecule has 0 aliphatic heterocycles. The number of benzene rings is 1. The summed E-state index contributed by atoms with van der Waals surface area (Å²) < 4.78 is 2.93. The van der Waals surface area contributed by atoms with Gasteiger partial charge in [-0.1, -0.05) is 39.7 Å². The van der Waals surface area contributed by atoms with Gasteiger partial charge >= 0.3 is 0 Å². The van der Waals surface area contributed by atoms with E-state index in [0.717, 1.165) is 21.7 Å². The quantitative estimate of drug-likeness (QED) is 0.634. The first kappa shape index (κ1) is 12.6. The lowest BCUT2D eigenvalue weighted by Gasteiger charge is -2.05. The van der Waals surface area contributed by atoms with Gasteiger partial charge in [-0.15, -0.1) is 10.2 Å². The fourth-order valence-corrected chi connectivity index (χ4v) is 2.57. The standard InChI is InChI=1S/C13H10BrClN4/c1-7-3-4-9(5-10(7)14)13-18-17-12-6-11(15)16-8(2)19(12)13/h3-6H,1-2H3. The highest BCUT2D eigenvalue weighted by atomic mass is 79.9. The number of hydrogen-bond donors (Lipinski definition) is 0. The third-order valence-electron chi connectivity index (χ3n) is 2.96. The molecule has 0 amide bonds. The van der Waals surface area contributed by atoms with Gasteiger partial charge in [0.05, 0.1) is 0 Å². The zero-order valence-corrected chi connectivity index (χ0v) is 12.7. The Labute approximate surface area is 123 Å². The van der Waals surface area contributed by atoms with E-state index in [-0.39, 0.29) is 0 Å². The first-order valence-corrected chi connectivity index (χ1v) is 6.88. The molecule has 0 saturated heterocycles. The van der Waals surface area contributed by atoms with Gasteiger partial charge in [0.25, 0.3) is 0 Å². The van der Waals surface area contributed by atoms with Gasteiger partial charge in [-0.2, -0.15) is 0 Å². The molecule has 0 aliphatic rings. The molecule has 19 heavy (non-hydrogen) atoms. The van der Waals surface area contributed by atoms with E-state index < -0.39 is 0 Å². The van der Waals surface area contributed by atoms with Crippen molar-refractivity contribution in [3.8, 4) is 11.4 Å². The minimum atomic E-state index is 0.425. The van der Waals surface area contributed by atoms with Crippen molar-refractivity contribution >= 4 is 33.2 Å². The summed E-state index contributed by atoms with van der Waals surface area (Å²) in [5, 5.41) is 8.80. The molecule has 0 atom stereocenters. The van der Waals surface area contributed by atoms with Gasteiger partial charge in [0.1, 0.15) is 11.0 Å². The highest BCUT2D eigenvalue weighted by Gasteiger charge is 2.12. The molecule has 0 unspecified atom stereocenters. The highest BCUT2D eigenvalue weighted by molar-refractivity contribution is 9.10. The summed E-state index contributed by atoms with van der Waals surface area (Å²) in [6.07, 6.45) is 0. The van der Waals surface area contributed by atoms with E-state index in [1.54, 1.807) is 6.07 Å². The fourth-order valence-electron chi connectivity index (χ4n) is 1.97. The normalized spacial score (nSPS) is 11.2. The predicted octanol–water partition coefficient (Wildman–Crippen LogP) is 3.82. The smallest absolute Gasteiger partial charge is 0.169 e. The lowest BCUT2D eigenvalue weighted by Crippen LogP contribution is -1.98. The Balaban J connectivity index is 2.28. The largest absolute Gasteiger partial charge is 0.263 e. The second kappa shape index (κ2) is 4.58. The molecule has 0 radical (unpaired) electrons. The Morgan fingerprint density at radius 3 is 2.68 bits per heavy atom. The second-order valence-electron chi connectivity index (χ2n) is 4.31. The maximum Gasteiger partial charge on any atom is 0.169 e. The van der Waals surface area contributed by atoms with Gasteiger partial charge in [0.2, 0.25) is 0 Å². The molecule has 0 fully saturated rings. The molecular weight excluding hydrogens is 328 g/mol. The number of aromatic nitrogens is 4. The van der Waals surface area contributed by atoms with E-state index in [0.29, 0.717) is 10.8 Å². The summed E-state index contributed by atoms with van der Waals surface area (Å²) in [6.45, 7) is 3.93. The number of nitrogens with zero attached hydrogens (tertiary/aromatic N) is 4. The van der Waals surface area contributed by atoms with Crippen LogP contribution in [-0.4, -0.2) is 19.6 Å². The first-order valence-electron chi connectivity index (χ1n) is 5.71. The Morgan fingerprint density at radius 1 is 1.16 bits per heavy atom. The topological polar surface area (TPSA) is 43.1 Å². The number of halogens is 2. The van der Waals surface area contributed by atoms with E-state index >= 15 is 0 Å². The summed E-state index contributed by atoms with van der Waals surface area (Å²) in [7, 11) is 0. The molecule has 2 heterocycles. The van der Waals surface area contributed by atoms with Crippen LogP contribution in [0.4, 0.5) is 0 Å². The molecule has 6 heteroatoms. The van der Waals surface area contributed by atoms with Crippen molar-refractivity contribution in [2.24, 2.45) is 0 Å². The van der Waals surface area contributed by atoms with Crippen molar-refractivity contribution in [3.63, 3.8) is 0 Å². The molecule has 0 bridgehead atoms. The van der Waals surface area contributed by atoms with E-state index in [2.05, 4.69) is 31.1 Å². The van der Waals surface area contributed by atoms with Crippen molar-refractivity contribution in [2.75, 3.05) is 0 Å². The number of fused-ring (bicyclic) bond motifs is 1. The van der Waals surface area contributed by atoms with Crippen LogP contribution >= 0.6 is 27.5 Å². The zero-order valence-electron chi connectivity index (χ0n) is 10.4. The molecule has 3 aromatic rings. The molecule has 1 aromatic carbocycles. The predicted molar refractivity (Wildman–Crippen MR) is 78.4 cm³/mol. The van der Waals surface area contributed by atoms with E-state index in [4.69, 9.17) is 11.6 Å². The lowest BCUT2D eigenvalue weighted by atomic mass is 10.1. The number of aryl methyl sites for hydroxylation is 2. The molecule has 96 valence electrons. The van der Waals surface area contributed by atoms with Crippen molar-refractivity contribution in [1.82, 2.24) is 19.6 Å². The van der Waals surface area contributed by atoms with Crippen LogP contribution < -0.4 is 0 Å². The van der Waals surface area contributed by atoms with Crippen LogP contribution in [0, 0.1) is 13.8 Å². The monoisotopic (exact) mass is 336 g/mol. The molecule has 4 nitrogen and oxygen atoms in total. The molecule has 0 N–H and O–H groups in total. The Morgan fingerprint density at radius 2 is 1.95 bits per heavy atom. The third kappa shape index (κ3) is 2.13. The summed E-state index contributed by atoms with van der Waals surface area (Å²) in [4.78, 5) is 4.24. The minimum Gasteiger partial charge on any atom is -0.263 e. The fraction of sp³-hybridized carbons (Fsp3) is 0.154. The summed E-state index contributed by atoms with van der Waals surface area (Å²) in [5.41, 5.74) is 2.86. The van der Waals surface area contributed by atoms with Crippen LogP contribution in [0.2, 0.25) is 5.15 Å². The Hall–Kier alpha value is -1.46. The average molecular weight is 338 g/mol. The molecule has 2 aromatic heterocycles. The zero-order chi connectivity index (χ0) is 13.6. The van der Waals surface area contributed by atoms with Crippen molar-refractivity contribution in [3.05, 3.63) is 45.3 Å². The second-order valence-corrected chi connectivity index (χ2v) is 5.55. The van der Waals surface area contributed by atoms with Gasteiger partial charge in [0, 0.05) is 16.1 Å². The Kier molecular flexibility index (Phi) is 3.03. The average Bonchev–Trinajstić information content (AvgIpc) is 2.76. The third-order valence-corrected chi connectivity index (χ3v) is 4.01. The van der Waals surface area contributed by atoms with Crippen LogP contribution in [-0.2, 0) is 0 Å². The molecule has 3 rings (SSSR count). The van der Waals surface area contributed by atoms with Crippen LogP contribution in [0.25, 0.3) is 17.0 Å². The van der Waals surface area contributed by atoms with Crippen LogP contribution in [0.15, 0.2) is 28.7 Å². The van der Waals surface area contributed by atoms with E-state index in [1.165, 1.54) is 5.56 Å². The summed E-state index contributed by atoms with van der Waals surface area (Å²) in [5.74, 6) is 1.52. The van der Waals surface area contributed by atoms with Crippen LogP contribution in [0.5, 0.6) is 0 Å². The van der Waals surface area contributed by atoms with Crippen molar-refractivity contribution < 1.29 is 0 Å². The van der Waals surface area contributed by atoms with Gasteiger partial charge in [-0.3, -0.25) is 4.40 Å². The van der Waals surface area contributed by atoms with E-state index in [1.807, 2.05) is 36.4 Å². The summed E-state index contributed by atoms with van der Waals surface area (Å²) >= 11 is 9.46. The van der Waals surface area contributed by atoms with Gasteiger partial charge in [-0.25, -0.2) is 4.98 Å². The maximum absolute atomic E-state index is 5.93. The number of hydrogen-bond acceptors (Lipinski definition) is 3. The van der Waals surface area contributed by atoms with Gasteiger partial charge < -0.3 is 0 Å². The molecular formula is C13H10BrClN4. The maximum atomic E-state index is 5.93. The van der Waals surface area contributed by atoms with Crippen molar-refractivity contribution in [2.45, 2.75) is 13.8 Å².